The molecule has 1 fully saturated rings. The maximum atomic E-state index is 5.48. The molecule has 1 aliphatic rings. The van der Waals surface area contributed by atoms with E-state index in [1.54, 1.807) is 4.68 Å². The van der Waals surface area contributed by atoms with Crippen LogP contribution in [0.5, 0.6) is 5.75 Å². The van der Waals surface area contributed by atoms with Gasteiger partial charge in [-0.1, -0.05) is 0 Å². The van der Waals surface area contributed by atoms with E-state index >= 15 is 0 Å². The molecule has 0 atom stereocenters. The van der Waals surface area contributed by atoms with Crippen LogP contribution in [0.3, 0.4) is 0 Å². The first-order valence-electron chi connectivity index (χ1n) is 8.77. The average Bonchev–Trinajstić information content (AvgIpc) is 3.05. The monoisotopic (exact) mass is 354 g/mol. The number of rotatable bonds is 5. The Hall–Kier alpha value is -2.87. The van der Waals surface area contributed by atoms with Crippen molar-refractivity contribution in [2.45, 2.75) is 6.92 Å². The summed E-state index contributed by atoms with van der Waals surface area (Å²) in [6, 6.07) is 7.76. The summed E-state index contributed by atoms with van der Waals surface area (Å²) in [6.45, 7) is 5.64. The molecule has 3 aromatic rings. The molecule has 1 N–H and O–H groups in total. The van der Waals surface area contributed by atoms with Crippen LogP contribution >= 0.6 is 0 Å². The summed E-state index contributed by atoms with van der Waals surface area (Å²) in [6.07, 6.45) is 1.82. The highest BCUT2D eigenvalue weighted by Crippen LogP contribution is 2.27. The maximum Gasteiger partial charge on any atom is 0.231 e. The third kappa shape index (κ3) is 3.28. The van der Waals surface area contributed by atoms with Crippen molar-refractivity contribution >= 4 is 28.5 Å². The fraction of sp³-hybridized carbons (Fsp3) is 0.389. The first-order chi connectivity index (χ1) is 12.7. The van der Waals surface area contributed by atoms with Crippen LogP contribution in [0.25, 0.3) is 11.0 Å². The number of hydrogen-bond donors (Lipinski definition) is 1. The van der Waals surface area contributed by atoms with Gasteiger partial charge < -0.3 is 19.7 Å². The van der Waals surface area contributed by atoms with Crippen LogP contribution in [0, 0.1) is 0 Å². The van der Waals surface area contributed by atoms with Gasteiger partial charge in [0.2, 0.25) is 5.95 Å². The van der Waals surface area contributed by atoms with Crippen molar-refractivity contribution in [2.24, 2.45) is 7.05 Å². The van der Waals surface area contributed by atoms with E-state index < -0.39 is 0 Å². The number of aromatic nitrogens is 4. The number of fused-ring (bicyclic) bond motifs is 1. The highest BCUT2D eigenvalue weighted by molar-refractivity contribution is 5.88. The standard InChI is InChI=1S/C18H22N6O2/c1-3-26-14-6-4-13(5-7-14)20-18-21-16-15(12-19-23(16)2)17(22-18)24-8-10-25-11-9-24/h4-7,12H,3,8-11H2,1-2H3,(H,20,21,22). The van der Waals surface area contributed by atoms with Gasteiger partial charge in [-0.3, -0.25) is 4.68 Å². The molecule has 0 aliphatic carbocycles. The molecule has 26 heavy (non-hydrogen) atoms. The number of aryl methyl sites for hydroxylation is 1. The van der Waals surface area contributed by atoms with E-state index in [0.717, 1.165) is 41.4 Å². The van der Waals surface area contributed by atoms with Gasteiger partial charge in [0.1, 0.15) is 11.6 Å². The van der Waals surface area contributed by atoms with Crippen LogP contribution in [-0.4, -0.2) is 52.7 Å². The highest BCUT2D eigenvalue weighted by atomic mass is 16.5. The molecule has 136 valence electrons. The second kappa shape index (κ2) is 7.17. The van der Waals surface area contributed by atoms with Crippen LogP contribution in [0.4, 0.5) is 17.5 Å². The molecule has 1 saturated heterocycles. The van der Waals surface area contributed by atoms with E-state index in [2.05, 4.69) is 20.3 Å². The Bertz CT molecular complexity index is 887. The molecule has 1 aliphatic heterocycles. The van der Waals surface area contributed by atoms with Gasteiger partial charge in [0.25, 0.3) is 0 Å². The van der Waals surface area contributed by atoms with Gasteiger partial charge in [-0.25, -0.2) is 0 Å². The van der Waals surface area contributed by atoms with Crippen molar-refractivity contribution in [1.82, 2.24) is 19.7 Å². The van der Waals surface area contributed by atoms with E-state index in [4.69, 9.17) is 14.5 Å². The van der Waals surface area contributed by atoms with E-state index in [1.807, 2.05) is 44.4 Å². The third-order valence-corrected chi connectivity index (χ3v) is 4.30. The first-order valence-corrected chi connectivity index (χ1v) is 8.77. The summed E-state index contributed by atoms with van der Waals surface area (Å²) in [5, 5.41) is 8.58. The summed E-state index contributed by atoms with van der Waals surface area (Å²) in [5.41, 5.74) is 1.71. The molecule has 0 bridgehead atoms. The zero-order valence-electron chi connectivity index (χ0n) is 15.0. The van der Waals surface area contributed by atoms with Gasteiger partial charge >= 0.3 is 0 Å². The van der Waals surface area contributed by atoms with Crippen molar-refractivity contribution in [1.29, 1.82) is 0 Å². The SMILES string of the molecule is CCOc1ccc(Nc2nc(N3CCOCC3)c3cnn(C)c3n2)cc1. The molecule has 0 amide bonds. The largest absolute Gasteiger partial charge is 0.494 e. The molecule has 8 nitrogen and oxygen atoms in total. The third-order valence-electron chi connectivity index (χ3n) is 4.30. The van der Waals surface area contributed by atoms with Crippen molar-refractivity contribution in [2.75, 3.05) is 43.1 Å². The molecule has 4 rings (SSSR count). The van der Waals surface area contributed by atoms with Crippen LogP contribution in [0.2, 0.25) is 0 Å². The van der Waals surface area contributed by atoms with Gasteiger partial charge in [-0.2, -0.15) is 15.1 Å². The molecule has 1 aromatic carbocycles. The Kier molecular flexibility index (Phi) is 4.57. The molecule has 0 radical (unpaired) electrons. The fourth-order valence-corrected chi connectivity index (χ4v) is 3.01. The molecule has 2 aromatic heterocycles. The maximum absolute atomic E-state index is 5.48. The van der Waals surface area contributed by atoms with Gasteiger partial charge in [0.15, 0.2) is 5.65 Å². The lowest BCUT2D eigenvalue weighted by Crippen LogP contribution is -2.37. The Morgan fingerprint density at radius 2 is 1.92 bits per heavy atom. The van der Waals surface area contributed by atoms with Crippen LogP contribution < -0.4 is 15.0 Å². The van der Waals surface area contributed by atoms with Crippen molar-refractivity contribution < 1.29 is 9.47 Å². The Labute approximate surface area is 151 Å². The second-order valence-electron chi connectivity index (χ2n) is 6.06. The van der Waals surface area contributed by atoms with E-state index in [-0.39, 0.29) is 0 Å². The topological polar surface area (TPSA) is 77.3 Å². The van der Waals surface area contributed by atoms with Crippen LogP contribution in [0.1, 0.15) is 6.92 Å². The first kappa shape index (κ1) is 16.6. The number of nitrogens with zero attached hydrogens (tertiary/aromatic N) is 5. The van der Waals surface area contributed by atoms with Gasteiger partial charge in [0.05, 0.1) is 31.4 Å². The minimum atomic E-state index is 0.548. The number of nitrogens with one attached hydrogen (secondary N) is 1. The zero-order chi connectivity index (χ0) is 17.9. The number of ether oxygens (including phenoxy) is 2. The summed E-state index contributed by atoms with van der Waals surface area (Å²) in [7, 11) is 1.89. The summed E-state index contributed by atoms with van der Waals surface area (Å²) >= 11 is 0. The Balaban J connectivity index is 1.67. The van der Waals surface area contributed by atoms with Gasteiger partial charge in [-0.05, 0) is 31.2 Å². The lowest BCUT2D eigenvalue weighted by molar-refractivity contribution is 0.122. The fourth-order valence-electron chi connectivity index (χ4n) is 3.01. The predicted molar refractivity (Wildman–Crippen MR) is 100 cm³/mol. The molecule has 0 spiro atoms. The van der Waals surface area contributed by atoms with Crippen molar-refractivity contribution in [3.05, 3.63) is 30.5 Å². The second-order valence-corrected chi connectivity index (χ2v) is 6.06. The Morgan fingerprint density at radius 1 is 1.15 bits per heavy atom. The Morgan fingerprint density at radius 3 is 2.65 bits per heavy atom. The number of hydrogen-bond acceptors (Lipinski definition) is 7. The van der Waals surface area contributed by atoms with Gasteiger partial charge in [0, 0.05) is 25.8 Å². The van der Waals surface area contributed by atoms with Crippen LogP contribution in [0.15, 0.2) is 30.5 Å². The molecule has 8 heteroatoms. The summed E-state index contributed by atoms with van der Waals surface area (Å²) < 4.78 is 12.7. The predicted octanol–water partition coefficient (Wildman–Crippen LogP) is 2.34. The number of benzene rings is 1. The zero-order valence-corrected chi connectivity index (χ0v) is 15.0. The normalized spacial score (nSPS) is 14.6. The minimum Gasteiger partial charge on any atom is -0.494 e. The molecule has 0 unspecified atom stereocenters. The number of anilines is 3. The summed E-state index contributed by atoms with van der Waals surface area (Å²) in [5.74, 6) is 2.28. The van der Waals surface area contributed by atoms with E-state index in [0.29, 0.717) is 25.8 Å². The van der Waals surface area contributed by atoms with E-state index in [1.165, 1.54) is 0 Å². The molecular formula is C18H22N6O2. The molecule has 0 saturated carbocycles. The lowest BCUT2D eigenvalue weighted by Gasteiger charge is -2.28. The lowest BCUT2D eigenvalue weighted by atomic mass is 10.3. The van der Waals surface area contributed by atoms with Crippen molar-refractivity contribution in [3.8, 4) is 5.75 Å². The van der Waals surface area contributed by atoms with E-state index in [9.17, 15) is 0 Å². The highest BCUT2D eigenvalue weighted by Gasteiger charge is 2.19. The minimum absolute atomic E-state index is 0.548. The molecular weight excluding hydrogens is 332 g/mol. The van der Waals surface area contributed by atoms with Crippen LogP contribution in [-0.2, 0) is 11.8 Å². The number of morpholine rings is 1. The quantitative estimate of drug-likeness (QED) is 0.753. The smallest absolute Gasteiger partial charge is 0.231 e. The molecule has 3 heterocycles. The summed E-state index contributed by atoms with van der Waals surface area (Å²) in [4.78, 5) is 11.6. The van der Waals surface area contributed by atoms with Crippen molar-refractivity contribution in [3.63, 3.8) is 0 Å². The van der Waals surface area contributed by atoms with Gasteiger partial charge in [-0.15, -0.1) is 0 Å². The average molecular weight is 354 g/mol.